The summed E-state index contributed by atoms with van der Waals surface area (Å²) < 4.78 is 28.8. The van der Waals surface area contributed by atoms with Gasteiger partial charge in [-0.15, -0.1) is 0 Å². The molecule has 1 heterocycles. The summed E-state index contributed by atoms with van der Waals surface area (Å²) in [4.78, 5) is 0. The average Bonchev–Trinajstić information content (AvgIpc) is 3.07. The van der Waals surface area contributed by atoms with Gasteiger partial charge in [0.1, 0.15) is 11.6 Å². The molecule has 2 N–H and O–H groups in total. The minimum absolute atomic E-state index is 0.00253. The Morgan fingerprint density at radius 3 is 2.70 bits per heavy atom. The largest absolute Gasteiger partial charge is 0.342 e. The number of hydrogen-bond acceptors (Lipinski definition) is 2. The van der Waals surface area contributed by atoms with E-state index >= 15 is 0 Å². The van der Waals surface area contributed by atoms with Crippen molar-refractivity contribution in [2.75, 3.05) is 5.32 Å². The second kappa shape index (κ2) is 8.75. The van der Waals surface area contributed by atoms with Crippen molar-refractivity contribution < 1.29 is 8.78 Å². The third kappa shape index (κ3) is 5.12. The first-order valence-electron chi connectivity index (χ1n) is 7.96. The van der Waals surface area contributed by atoms with Gasteiger partial charge in [-0.05, 0) is 48.6 Å². The molecular formula is C19H15ClF2N4S. The molecule has 3 rings (SSSR count). The van der Waals surface area contributed by atoms with Crippen LogP contribution in [0.2, 0.25) is 5.02 Å². The molecule has 0 aliphatic carbocycles. The molecule has 0 aliphatic rings. The number of halogens is 3. The van der Waals surface area contributed by atoms with E-state index in [9.17, 15) is 8.78 Å². The summed E-state index contributed by atoms with van der Waals surface area (Å²) in [5.74, 6) is -0.759. The van der Waals surface area contributed by atoms with E-state index in [0.717, 1.165) is 5.69 Å². The average molecular weight is 405 g/mol. The molecule has 0 radical (unpaired) electrons. The number of nitrogens with one attached hydrogen (secondary N) is 2. The van der Waals surface area contributed by atoms with E-state index < -0.39 is 5.82 Å². The summed E-state index contributed by atoms with van der Waals surface area (Å²) >= 11 is 10.9. The van der Waals surface area contributed by atoms with Crippen LogP contribution in [0.3, 0.4) is 0 Å². The molecular weight excluding hydrogens is 390 g/mol. The predicted molar refractivity (Wildman–Crippen MR) is 108 cm³/mol. The van der Waals surface area contributed by atoms with Crippen molar-refractivity contribution in [2.24, 2.45) is 5.10 Å². The lowest BCUT2D eigenvalue weighted by atomic mass is 10.2. The van der Waals surface area contributed by atoms with E-state index in [2.05, 4.69) is 15.8 Å². The second-order valence-corrected chi connectivity index (χ2v) is 6.42. The van der Waals surface area contributed by atoms with Gasteiger partial charge in [-0.3, -0.25) is 5.43 Å². The molecule has 0 saturated carbocycles. The van der Waals surface area contributed by atoms with Crippen LogP contribution in [-0.2, 0) is 6.54 Å². The summed E-state index contributed by atoms with van der Waals surface area (Å²) in [7, 11) is 0. The number of hydrazone groups is 1. The van der Waals surface area contributed by atoms with Crippen molar-refractivity contribution in [2.45, 2.75) is 6.54 Å². The van der Waals surface area contributed by atoms with Crippen molar-refractivity contribution in [1.82, 2.24) is 9.99 Å². The molecule has 2 aromatic carbocycles. The smallest absolute Gasteiger partial charge is 0.191 e. The minimum atomic E-state index is -0.505. The lowest BCUT2D eigenvalue weighted by Crippen LogP contribution is -2.24. The Balaban J connectivity index is 1.60. The van der Waals surface area contributed by atoms with Crippen LogP contribution in [0.5, 0.6) is 0 Å². The molecule has 0 unspecified atom stereocenters. The van der Waals surface area contributed by atoms with E-state index in [4.69, 9.17) is 23.8 Å². The van der Waals surface area contributed by atoms with Gasteiger partial charge in [0.15, 0.2) is 5.11 Å². The molecule has 0 saturated heterocycles. The molecule has 0 spiro atoms. The van der Waals surface area contributed by atoms with E-state index in [1.807, 2.05) is 22.9 Å². The number of nitrogens with zero attached hydrogens (tertiary/aromatic N) is 2. The molecule has 3 aromatic rings. The highest BCUT2D eigenvalue weighted by atomic mass is 35.5. The third-order valence-corrected chi connectivity index (χ3v) is 4.19. The Hall–Kier alpha value is -2.77. The number of aromatic nitrogens is 1. The fourth-order valence-electron chi connectivity index (χ4n) is 2.39. The van der Waals surface area contributed by atoms with Gasteiger partial charge < -0.3 is 9.88 Å². The van der Waals surface area contributed by atoms with Gasteiger partial charge >= 0.3 is 0 Å². The topological polar surface area (TPSA) is 41.4 Å². The van der Waals surface area contributed by atoms with Crippen molar-refractivity contribution in [3.63, 3.8) is 0 Å². The van der Waals surface area contributed by atoms with Crippen LogP contribution in [0.4, 0.5) is 14.5 Å². The third-order valence-electron chi connectivity index (χ3n) is 3.70. The SMILES string of the molecule is Fc1ccc(NC(=S)NN=Cc2cccn2Cc2ccccc2F)cc1Cl. The van der Waals surface area contributed by atoms with Crippen molar-refractivity contribution in [3.05, 3.63) is 88.7 Å². The molecule has 0 aliphatic heterocycles. The summed E-state index contributed by atoms with van der Waals surface area (Å²) in [5.41, 5.74) is 4.57. The summed E-state index contributed by atoms with van der Waals surface area (Å²) in [6.45, 7) is 0.387. The molecule has 8 heteroatoms. The monoisotopic (exact) mass is 404 g/mol. The number of benzene rings is 2. The summed E-state index contributed by atoms with van der Waals surface area (Å²) in [6.07, 6.45) is 3.41. The number of thiocarbonyl (C=S) groups is 1. The maximum atomic E-state index is 13.8. The van der Waals surface area contributed by atoms with E-state index in [1.54, 1.807) is 24.4 Å². The highest BCUT2D eigenvalue weighted by Gasteiger charge is 2.05. The quantitative estimate of drug-likeness (QED) is 0.365. The zero-order chi connectivity index (χ0) is 19.2. The van der Waals surface area contributed by atoms with Gasteiger partial charge in [0.05, 0.1) is 23.5 Å². The fourth-order valence-corrected chi connectivity index (χ4v) is 2.74. The molecule has 0 bridgehead atoms. The molecule has 138 valence electrons. The standard InChI is InChI=1S/C19H15ClF2N4S/c20-16-10-14(7-8-18(16)22)24-19(27)25-23-11-15-5-3-9-26(15)12-13-4-1-2-6-17(13)21/h1-11H,12H2,(H2,24,25,27). The van der Waals surface area contributed by atoms with Gasteiger partial charge in [-0.25, -0.2) is 8.78 Å². The molecule has 0 fully saturated rings. The highest BCUT2D eigenvalue weighted by Crippen LogP contribution is 2.19. The minimum Gasteiger partial charge on any atom is -0.342 e. The van der Waals surface area contributed by atoms with Gasteiger partial charge in [-0.1, -0.05) is 29.8 Å². The van der Waals surface area contributed by atoms with Crippen LogP contribution in [0.1, 0.15) is 11.3 Å². The molecule has 27 heavy (non-hydrogen) atoms. The zero-order valence-electron chi connectivity index (χ0n) is 14.0. The van der Waals surface area contributed by atoms with Crippen LogP contribution in [0.15, 0.2) is 65.9 Å². The first-order valence-corrected chi connectivity index (χ1v) is 8.75. The first-order chi connectivity index (χ1) is 13.0. The first kappa shape index (κ1) is 19.0. The van der Waals surface area contributed by atoms with Gasteiger partial charge in [-0.2, -0.15) is 5.10 Å². The maximum Gasteiger partial charge on any atom is 0.191 e. The lowest BCUT2D eigenvalue weighted by Gasteiger charge is -2.09. The zero-order valence-corrected chi connectivity index (χ0v) is 15.6. The Morgan fingerprint density at radius 2 is 1.93 bits per heavy atom. The Bertz CT molecular complexity index is 987. The normalized spacial score (nSPS) is 10.9. The summed E-state index contributed by atoms with van der Waals surface area (Å²) in [5, 5.41) is 7.15. The molecule has 4 nitrogen and oxygen atoms in total. The van der Waals surface area contributed by atoms with Gasteiger partial charge in [0, 0.05) is 17.4 Å². The van der Waals surface area contributed by atoms with Gasteiger partial charge in [0.25, 0.3) is 0 Å². The van der Waals surface area contributed by atoms with Crippen molar-refractivity contribution >= 4 is 40.8 Å². The second-order valence-electron chi connectivity index (χ2n) is 5.61. The molecule has 0 atom stereocenters. The maximum absolute atomic E-state index is 13.8. The number of hydrogen-bond donors (Lipinski definition) is 2. The van der Waals surface area contributed by atoms with Crippen LogP contribution in [0, 0.1) is 11.6 Å². The van der Waals surface area contributed by atoms with E-state index in [-0.39, 0.29) is 16.0 Å². The van der Waals surface area contributed by atoms with Crippen LogP contribution in [-0.4, -0.2) is 15.9 Å². The summed E-state index contributed by atoms with van der Waals surface area (Å²) in [6, 6.07) is 14.5. The van der Waals surface area contributed by atoms with E-state index in [1.165, 1.54) is 24.3 Å². The Kier molecular flexibility index (Phi) is 6.16. The molecule has 0 amide bonds. The Morgan fingerprint density at radius 1 is 1.11 bits per heavy atom. The number of rotatable bonds is 5. The highest BCUT2D eigenvalue weighted by molar-refractivity contribution is 7.80. The Labute approximate surface area is 165 Å². The lowest BCUT2D eigenvalue weighted by molar-refractivity contribution is 0.599. The number of anilines is 1. The van der Waals surface area contributed by atoms with Gasteiger partial charge in [0.2, 0.25) is 0 Å². The van der Waals surface area contributed by atoms with Crippen molar-refractivity contribution in [3.8, 4) is 0 Å². The van der Waals surface area contributed by atoms with Crippen LogP contribution >= 0.6 is 23.8 Å². The predicted octanol–water partition coefficient (Wildman–Crippen LogP) is 4.79. The fraction of sp³-hybridized carbons (Fsp3) is 0.0526. The van der Waals surface area contributed by atoms with E-state index in [0.29, 0.717) is 17.8 Å². The van der Waals surface area contributed by atoms with Crippen LogP contribution in [0.25, 0.3) is 0 Å². The van der Waals surface area contributed by atoms with Crippen molar-refractivity contribution in [1.29, 1.82) is 0 Å². The van der Waals surface area contributed by atoms with Crippen LogP contribution < -0.4 is 10.7 Å². The molecule has 1 aromatic heterocycles.